The minimum atomic E-state index is -0.553. The number of amides is 1. The number of rotatable bonds is 8. The van der Waals surface area contributed by atoms with Gasteiger partial charge in [0.15, 0.2) is 6.10 Å². The van der Waals surface area contributed by atoms with Gasteiger partial charge >= 0.3 is 0 Å². The molecule has 27 heavy (non-hydrogen) atoms. The normalized spacial score (nSPS) is 13.5. The molecule has 2 atom stereocenters. The van der Waals surface area contributed by atoms with Gasteiger partial charge in [-0.1, -0.05) is 70.2 Å². The van der Waals surface area contributed by atoms with E-state index in [2.05, 4.69) is 57.3 Å². The van der Waals surface area contributed by atoms with Gasteiger partial charge in [0.1, 0.15) is 5.75 Å². The van der Waals surface area contributed by atoms with Gasteiger partial charge in [-0.15, -0.1) is 0 Å². The number of carbonyl (C=O) groups excluding carboxylic acids is 1. The van der Waals surface area contributed by atoms with E-state index in [0.717, 1.165) is 28.9 Å². The average Bonchev–Trinajstić information content (AvgIpc) is 2.61. The first-order valence-corrected chi connectivity index (χ1v) is 9.90. The summed E-state index contributed by atoms with van der Waals surface area (Å²) in [6.45, 7) is 12.5. The molecule has 0 radical (unpaired) electrons. The standard InChI is InChI=1S/C24H33NO2/c1-16(2)14-22(20-10-8-7-9-11-20)25-24(26)19(6)27-23-15-18(5)12-13-21(23)17(3)4/h7-13,15-17,19,22H,14H2,1-6H3,(H,25,26)/t19-,22-/m1/s1. The summed E-state index contributed by atoms with van der Waals surface area (Å²) in [4.78, 5) is 12.8. The zero-order valence-electron chi connectivity index (χ0n) is 17.5. The molecule has 2 aromatic carbocycles. The lowest BCUT2D eigenvalue weighted by Gasteiger charge is -2.24. The Hall–Kier alpha value is -2.29. The molecule has 3 heteroatoms. The van der Waals surface area contributed by atoms with Crippen molar-refractivity contribution in [2.45, 2.75) is 66.0 Å². The number of benzene rings is 2. The van der Waals surface area contributed by atoms with Gasteiger partial charge < -0.3 is 10.1 Å². The Balaban J connectivity index is 2.13. The minimum Gasteiger partial charge on any atom is -0.481 e. The van der Waals surface area contributed by atoms with Crippen LogP contribution in [0.3, 0.4) is 0 Å². The summed E-state index contributed by atoms with van der Waals surface area (Å²) < 4.78 is 6.08. The first-order chi connectivity index (χ1) is 12.8. The first-order valence-electron chi connectivity index (χ1n) is 9.90. The van der Waals surface area contributed by atoms with E-state index >= 15 is 0 Å². The molecule has 0 saturated carbocycles. The predicted octanol–water partition coefficient (Wildman–Crippen LogP) is 5.79. The molecule has 0 aliphatic carbocycles. The molecule has 1 N–H and O–H groups in total. The highest BCUT2D eigenvalue weighted by atomic mass is 16.5. The van der Waals surface area contributed by atoms with Crippen molar-refractivity contribution < 1.29 is 9.53 Å². The van der Waals surface area contributed by atoms with Gasteiger partial charge in [-0.25, -0.2) is 0 Å². The SMILES string of the molecule is Cc1ccc(C(C)C)c(O[C@H](C)C(=O)N[C@H](CC(C)C)c2ccccc2)c1. The van der Waals surface area contributed by atoms with Crippen LogP contribution in [0.25, 0.3) is 0 Å². The molecule has 0 spiro atoms. The van der Waals surface area contributed by atoms with E-state index in [4.69, 9.17) is 4.74 Å². The molecule has 3 nitrogen and oxygen atoms in total. The molecule has 2 rings (SSSR count). The van der Waals surface area contributed by atoms with Crippen LogP contribution in [0.15, 0.2) is 48.5 Å². The maximum atomic E-state index is 12.8. The maximum Gasteiger partial charge on any atom is 0.261 e. The molecule has 0 saturated heterocycles. The number of ether oxygens (including phenoxy) is 1. The van der Waals surface area contributed by atoms with Crippen molar-refractivity contribution in [1.82, 2.24) is 5.32 Å². The lowest BCUT2D eigenvalue weighted by Crippen LogP contribution is -2.39. The second-order valence-corrected chi connectivity index (χ2v) is 8.06. The minimum absolute atomic E-state index is 0.00757. The van der Waals surface area contributed by atoms with Crippen molar-refractivity contribution >= 4 is 5.91 Å². The van der Waals surface area contributed by atoms with Crippen LogP contribution in [-0.4, -0.2) is 12.0 Å². The topological polar surface area (TPSA) is 38.3 Å². The number of hydrogen-bond acceptors (Lipinski definition) is 2. The molecule has 0 aliphatic rings. The molecule has 0 bridgehead atoms. The zero-order chi connectivity index (χ0) is 20.0. The Bertz CT molecular complexity index is 737. The zero-order valence-corrected chi connectivity index (χ0v) is 17.5. The van der Waals surface area contributed by atoms with Crippen molar-refractivity contribution in [3.05, 3.63) is 65.2 Å². The van der Waals surface area contributed by atoms with Crippen molar-refractivity contribution in [2.75, 3.05) is 0 Å². The van der Waals surface area contributed by atoms with Crippen molar-refractivity contribution in [2.24, 2.45) is 5.92 Å². The molecule has 0 unspecified atom stereocenters. The lowest BCUT2D eigenvalue weighted by molar-refractivity contribution is -0.128. The van der Waals surface area contributed by atoms with E-state index in [1.54, 1.807) is 0 Å². The monoisotopic (exact) mass is 367 g/mol. The summed E-state index contributed by atoms with van der Waals surface area (Å²) in [5.41, 5.74) is 3.39. The summed E-state index contributed by atoms with van der Waals surface area (Å²) in [5.74, 6) is 1.54. The Kier molecular flexibility index (Phi) is 7.46. The van der Waals surface area contributed by atoms with Crippen LogP contribution in [0.5, 0.6) is 5.75 Å². The number of aryl methyl sites for hydroxylation is 1. The van der Waals surface area contributed by atoms with Crippen LogP contribution < -0.4 is 10.1 Å². The third-order valence-corrected chi connectivity index (χ3v) is 4.69. The van der Waals surface area contributed by atoms with Gasteiger partial charge in [-0.05, 0) is 54.9 Å². The highest BCUT2D eigenvalue weighted by molar-refractivity contribution is 5.81. The van der Waals surface area contributed by atoms with Gasteiger partial charge in [0.2, 0.25) is 0 Å². The fourth-order valence-electron chi connectivity index (χ4n) is 3.19. The molecular weight excluding hydrogens is 334 g/mol. The van der Waals surface area contributed by atoms with Crippen LogP contribution in [0.2, 0.25) is 0 Å². The molecule has 0 heterocycles. The summed E-state index contributed by atoms with van der Waals surface area (Å²) in [5, 5.41) is 3.18. The molecule has 0 aliphatic heterocycles. The third-order valence-electron chi connectivity index (χ3n) is 4.69. The Labute approximate surface area is 164 Å². The van der Waals surface area contributed by atoms with E-state index in [1.807, 2.05) is 38.1 Å². The van der Waals surface area contributed by atoms with E-state index in [-0.39, 0.29) is 11.9 Å². The molecular formula is C24H33NO2. The Morgan fingerprint density at radius 3 is 2.26 bits per heavy atom. The number of hydrogen-bond donors (Lipinski definition) is 1. The fraction of sp³-hybridized carbons (Fsp3) is 0.458. The van der Waals surface area contributed by atoms with Gasteiger partial charge in [0, 0.05) is 0 Å². The Morgan fingerprint density at radius 1 is 1.00 bits per heavy atom. The molecule has 0 aromatic heterocycles. The van der Waals surface area contributed by atoms with E-state index in [0.29, 0.717) is 11.8 Å². The molecule has 0 fully saturated rings. The summed E-state index contributed by atoms with van der Waals surface area (Å²) in [6, 6.07) is 16.3. The van der Waals surface area contributed by atoms with Gasteiger partial charge in [0.05, 0.1) is 6.04 Å². The van der Waals surface area contributed by atoms with Crippen LogP contribution in [-0.2, 0) is 4.79 Å². The largest absolute Gasteiger partial charge is 0.481 e. The van der Waals surface area contributed by atoms with E-state index in [1.165, 1.54) is 0 Å². The first kappa shape index (κ1) is 21.0. The lowest BCUT2D eigenvalue weighted by atomic mass is 9.97. The van der Waals surface area contributed by atoms with Crippen LogP contribution in [0, 0.1) is 12.8 Å². The summed E-state index contributed by atoms with van der Waals surface area (Å²) in [7, 11) is 0. The molecule has 146 valence electrons. The third kappa shape index (κ3) is 6.13. The van der Waals surface area contributed by atoms with Gasteiger partial charge in [-0.2, -0.15) is 0 Å². The van der Waals surface area contributed by atoms with E-state index in [9.17, 15) is 4.79 Å². The quantitative estimate of drug-likeness (QED) is 0.641. The average molecular weight is 368 g/mol. The Morgan fingerprint density at radius 2 is 1.67 bits per heavy atom. The summed E-state index contributed by atoms with van der Waals surface area (Å²) in [6.07, 6.45) is 0.340. The van der Waals surface area contributed by atoms with Crippen molar-refractivity contribution in [1.29, 1.82) is 0 Å². The maximum absolute atomic E-state index is 12.8. The highest BCUT2D eigenvalue weighted by Crippen LogP contribution is 2.28. The fourth-order valence-corrected chi connectivity index (χ4v) is 3.19. The van der Waals surface area contributed by atoms with Crippen molar-refractivity contribution in [3.8, 4) is 5.75 Å². The second kappa shape index (κ2) is 9.59. The summed E-state index contributed by atoms with van der Waals surface area (Å²) >= 11 is 0. The smallest absolute Gasteiger partial charge is 0.261 e. The molecule has 1 amide bonds. The van der Waals surface area contributed by atoms with E-state index < -0.39 is 6.10 Å². The highest BCUT2D eigenvalue weighted by Gasteiger charge is 2.22. The van der Waals surface area contributed by atoms with Crippen molar-refractivity contribution in [3.63, 3.8) is 0 Å². The van der Waals surface area contributed by atoms with Gasteiger partial charge in [-0.3, -0.25) is 4.79 Å². The number of carbonyl (C=O) groups is 1. The van der Waals surface area contributed by atoms with Crippen LogP contribution >= 0.6 is 0 Å². The van der Waals surface area contributed by atoms with Gasteiger partial charge in [0.25, 0.3) is 5.91 Å². The van der Waals surface area contributed by atoms with Crippen LogP contribution in [0.1, 0.15) is 69.7 Å². The van der Waals surface area contributed by atoms with Crippen LogP contribution in [0.4, 0.5) is 0 Å². The molecule has 2 aromatic rings. The predicted molar refractivity (Wildman–Crippen MR) is 112 cm³/mol. The number of nitrogens with one attached hydrogen (secondary N) is 1. The second-order valence-electron chi connectivity index (χ2n) is 8.06.